The molecular weight excluding hydrogens is 317 g/mol. The summed E-state index contributed by atoms with van der Waals surface area (Å²) in [5.74, 6) is -1.33. The van der Waals surface area contributed by atoms with E-state index in [9.17, 15) is 14.7 Å². The van der Waals surface area contributed by atoms with Gasteiger partial charge in [0.25, 0.3) is 0 Å². The predicted molar refractivity (Wildman–Crippen MR) is 82.0 cm³/mol. The van der Waals surface area contributed by atoms with Crippen LogP contribution in [0.4, 0.5) is 0 Å². The second kappa shape index (κ2) is 7.18. The number of carbonyl (C=O) groups is 2. The molecule has 0 saturated heterocycles. The molecule has 0 aliphatic heterocycles. The average Bonchev–Trinajstić information content (AvgIpc) is 3.11. The summed E-state index contributed by atoms with van der Waals surface area (Å²) in [6.07, 6.45) is 5.87. The number of rotatable bonds is 6. The summed E-state index contributed by atoms with van der Waals surface area (Å²) in [6.45, 7) is 4.07. The zero-order chi connectivity index (χ0) is 16.8. The van der Waals surface area contributed by atoms with Gasteiger partial charge in [0.2, 0.25) is 5.91 Å². The van der Waals surface area contributed by atoms with Crippen LogP contribution in [0.15, 0.2) is 6.20 Å². The van der Waals surface area contributed by atoms with E-state index in [0.717, 1.165) is 5.69 Å². The van der Waals surface area contributed by atoms with Crippen molar-refractivity contribution in [3.05, 3.63) is 17.5 Å². The first-order valence-corrected chi connectivity index (χ1v) is 8.37. The van der Waals surface area contributed by atoms with E-state index in [1.165, 1.54) is 24.8 Å². The van der Waals surface area contributed by atoms with Crippen molar-refractivity contribution in [1.29, 1.82) is 0 Å². The molecule has 7 heteroatoms. The van der Waals surface area contributed by atoms with Crippen LogP contribution in [-0.2, 0) is 23.2 Å². The van der Waals surface area contributed by atoms with Gasteiger partial charge >= 0.3 is 29.6 Å². The van der Waals surface area contributed by atoms with E-state index in [2.05, 4.69) is 10.4 Å². The second-order valence-electron chi connectivity index (χ2n) is 7.26. The van der Waals surface area contributed by atoms with Gasteiger partial charge in [-0.25, -0.2) is 0 Å². The summed E-state index contributed by atoms with van der Waals surface area (Å²) in [7, 11) is 1.88. The Hall–Kier alpha value is -0.850. The van der Waals surface area contributed by atoms with Crippen LogP contribution in [0.3, 0.4) is 0 Å². The third-order valence-corrected chi connectivity index (χ3v) is 5.80. The Balaban J connectivity index is 0.00000208. The van der Waals surface area contributed by atoms with Gasteiger partial charge in [-0.2, -0.15) is 5.10 Å². The molecule has 3 rings (SSSR count). The van der Waals surface area contributed by atoms with E-state index in [1.807, 2.05) is 27.1 Å². The van der Waals surface area contributed by atoms with Crippen molar-refractivity contribution in [2.45, 2.75) is 52.0 Å². The topological polar surface area (TPSA) is 87.0 Å². The molecule has 0 aromatic carbocycles. The number of hydrogen-bond donors (Lipinski definition) is 1. The summed E-state index contributed by atoms with van der Waals surface area (Å²) >= 11 is 0. The van der Waals surface area contributed by atoms with Gasteiger partial charge in [0.05, 0.1) is 18.4 Å². The first-order valence-electron chi connectivity index (χ1n) is 8.37. The molecule has 0 bridgehead atoms. The number of aryl methyl sites for hydroxylation is 1. The number of hydrogen-bond acceptors (Lipinski definition) is 4. The zero-order valence-electron chi connectivity index (χ0n) is 15.0. The number of aromatic nitrogens is 2. The molecule has 126 valence electrons. The van der Waals surface area contributed by atoms with E-state index in [1.54, 1.807) is 4.68 Å². The molecule has 2 fully saturated rings. The third-order valence-electron chi connectivity index (χ3n) is 5.80. The van der Waals surface area contributed by atoms with E-state index in [-0.39, 0.29) is 41.4 Å². The summed E-state index contributed by atoms with van der Waals surface area (Å²) < 4.78 is 1.80. The number of aliphatic carboxylic acids is 1. The molecular formula is C17H24N3NaO3. The Morgan fingerprint density at radius 3 is 2.58 bits per heavy atom. The Bertz CT molecular complexity index is 639. The second-order valence-corrected chi connectivity index (χ2v) is 7.26. The largest absolute Gasteiger partial charge is 1.00 e. The van der Waals surface area contributed by atoms with E-state index in [4.69, 9.17) is 0 Å². The molecule has 2 atom stereocenters. The quantitative estimate of drug-likeness (QED) is 0.591. The first kappa shape index (κ1) is 19.5. The predicted octanol–water partition coefficient (Wildman–Crippen LogP) is -2.28. The smallest absolute Gasteiger partial charge is 0.550 e. The Labute approximate surface area is 164 Å². The fourth-order valence-corrected chi connectivity index (χ4v) is 3.76. The van der Waals surface area contributed by atoms with Gasteiger partial charge in [0, 0.05) is 24.3 Å². The maximum atomic E-state index is 12.4. The average molecular weight is 341 g/mol. The van der Waals surface area contributed by atoms with Crippen LogP contribution >= 0.6 is 0 Å². The molecule has 1 amide bonds. The zero-order valence-corrected chi connectivity index (χ0v) is 17.0. The summed E-state index contributed by atoms with van der Waals surface area (Å²) in [5.41, 5.74) is 1.24. The molecule has 2 aliphatic carbocycles. The van der Waals surface area contributed by atoms with E-state index in [0.29, 0.717) is 18.9 Å². The van der Waals surface area contributed by atoms with Crippen LogP contribution in [0.1, 0.15) is 56.7 Å². The summed E-state index contributed by atoms with van der Waals surface area (Å²) in [4.78, 5) is 23.8. The maximum Gasteiger partial charge on any atom is 1.00 e. The number of carbonyl (C=O) groups excluding carboxylic acids is 2. The number of amides is 1. The molecule has 1 aromatic heterocycles. The van der Waals surface area contributed by atoms with Crippen molar-refractivity contribution in [3.63, 3.8) is 0 Å². The van der Waals surface area contributed by atoms with Gasteiger partial charge in [-0.1, -0.05) is 20.3 Å². The minimum absolute atomic E-state index is 0. The SMILES string of the molecule is CC(C)C1(C(=O)[O-])CC1C(=O)NCc1c(C2CCC2)cnn1C.[Na+]. The number of nitrogens with one attached hydrogen (secondary N) is 1. The minimum atomic E-state index is -1.11. The normalized spacial score (nSPS) is 25.8. The minimum Gasteiger partial charge on any atom is -0.550 e. The Morgan fingerprint density at radius 1 is 1.46 bits per heavy atom. The van der Waals surface area contributed by atoms with Crippen molar-refractivity contribution >= 4 is 11.9 Å². The van der Waals surface area contributed by atoms with Crippen molar-refractivity contribution in [1.82, 2.24) is 15.1 Å². The van der Waals surface area contributed by atoms with Crippen LogP contribution in [0.5, 0.6) is 0 Å². The molecule has 1 N–H and O–H groups in total. The molecule has 6 nitrogen and oxygen atoms in total. The van der Waals surface area contributed by atoms with E-state index < -0.39 is 17.3 Å². The number of carboxylic acid groups (broad SMARTS) is 1. The van der Waals surface area contributed by atoms with Gasteiger partial charge in [0.15, 0.2) is 0 Å². The molecule has 1 aromatic rings. The third kappa shape index (κ3) is 3.16. The van der Waals surface area contributed by atoms with Crippen molar-refractivity contribution < 1.29 is 44.3 Å². The van der Waals surface area contributed by atoms with Gasteiger partial charge in [-0.05, 0) is 36.7 Å². The molecule has 0 radical (unpaired) electrons. The van der Waals surface area contributed by atoms with Crippen LogP contribution in [0.2, 0.25) is 0 Å². The summed E-state index contributed by atoms with van der Waals surface area (Å²) in [6, 6.07) is 0. The number of carboxylic acids is 1. The van der Waals surface area contributed by atoms with Crippen LogP contribution in [0.25, 0.3) is 0 Å². The molecule has 24 heavy (non-hydrogen) atoms. The molecule has 0 spiro atoms. The molecule has 2 unspecified atom stereocenters. The monoisotopic (exact) mass is 341 g/mol. The van der Waals surface area contributed by atoms with Crippen LogP contribution in [-0.4, -0.2) is 21.7 Å². The molecule has 1 heterocycles. The fourth-order valence-electron chi connectivity index (χ4n) is 3.76. The van der Waals surface area contributed by atoms with Crippen LogP contribution < -0.4 is 40.0 Å². The molecule has 2 aliphatic rings. The number of nitrogens with zero attached hydrogens (tertiary/aromatic N) is 2. The molecule has 2 saturated carbocycles. The van der Waals surface area contributed by atoms with Crippen molar-refractivity contribution in [2.75, 3.05) is 0 Å². The summed E-state index contributed by atoms with van der Waals surface area (Å²) in [5, 5.41) is 18.6. The van der Waals surface area contributed by atoms with Crippen molar-refractivity contribution in [3.8, 4) is 0 Å². The van der Waals surface area contributed by atoms with Gasteiger partial charge in [0.1, 0.15) is 0 Å². The van der Waals surface area contributed by atoms with Gasteiger partial charge in [-0.3, -0.25) is 9.48 Å². The van der Waals surface area contributed by atoms with Crippen molar-refractivity contribution in [2.24, 2.45) is 24.3 Å². The fraction of sp³-hybridized carbons (Fsp3) is 0.706. The van der Waals surface area contributed by atoms with Gasteiger partial charge in [-0.15, -0.1) is 0 Å². The standard InChI is InChI=1S/C17H25N3O3.Na/c1-10(2)17(16(22)23)7-13(17)15(21)18-9-14-12(8-19-20(14)3)11-5-4-6-11;/h8,10-11,13H,4-7,9H2,1-3H3,(H,18,21)(H,22,23);/q;+1/p-1. The Kier molecular flexibility index (Phi) is 5.83. The first-order chi connectivity index (χ1) is 10.9. The Morgan fingerprint density at radius 2 is 2.12 bits per heavy atom. The maximum absolute atomic E-state index is 12.4. The van der Waals surface area contributed by atoms with E-state index >= 15 is 0 Å². The van der Waals surface area contributed by atoms with Gasteiger partial charge < -0.3 is 15.2 Å². The van der Waals surface area contributed by atoms with Crippen LogP contribution in [0, 0.1) is 17.3 Å².